The molecule has 0 N–H and O–H groups in total. The van der Waals surface area contributed by atoms with Gasteiger partial charge in [-0.05, 0) is 62.0 Å². The first-order chi connectivity index (χ1) is 16.6. The number of rotatable bonds is 7. The molecule has 4 rings (SSSR count). The molecule has 182 valence electrons. The molecule has 9 heteroatoms. The lowest BCUT2D eigenvalue weighted by atomic mass is 9.92. The van der Waals surface area contributed by atoms with Crippen molar-refractivity contribution in [2.45, 2.75) is 39.8 Å². The third-order valence-electron chi connectivity index (χ3n) is 5.51. The first kappa shape index (κ1) is 25.3. The summed E-state index contributed by atoms with van der Waals surface area (Å²) in [4.78, 5) is 31.5. The number of benzene rings is 2. The van der Waals surface area contributed by atoms with E-state index in [1.54, 1.807) is 4.57 Å². The largest absolute Gasteiger partial charge is 0.494 e. The van der Waals surface area contributed by atoms with Crippen LogP contribution in [0, 0.1) is 16.3 Å². The molecule has 0 amide bonds. The number of fused-ring (bicyclic) bond motifs is 1. The number of aryl methyl sites for hydroxylation is 1. The third kappa shape index (κ3) is 5.12. The Kier molecular flexibility index (Phi) is 7.30. The number of ketones is 1. The van der Waals surface area contributed by atoms with Crippen molar-refractivity contribution in [3.8, 4) is 17.1 Å². The van der Waals surface area contributed by atoms with E-state index in [-0.39, 0.29) is 17.1 Å². The van der Waals surface area contributed by atoms with Gasteiger partial charge in [-0.1, -0.05) is 62.1 Å². The molecule has 0 radical (unpaired) electrons. The summed E-state index contributed by atoms with van der Waals surface area (Å²) in [5, 5.41) is 0.460. The Hall–Kier alpha value is -2.75. The van der Waals surface area contributed by atoms with Gasteiger partial charge in [-0.3, -0.25) is 18.7 Å². The molecule has 6 nitrogen and oxygen atoms in total. The van der Waals surface area contributed by atoms with E-state index in [1.807, 2.05) is 87.7 Å². The topological polar surface area (TPSA) is 66.1 Å². The van der Waals surface area contributed by atoms with E-state index in [1.165, 1.54) is 23.1 Å². The third-order valence-corrected chi connectivity index (χ3v) is 7.80. The van der Waals surface area contributed by atoms with Crippen LogP contribution in [0.3, 0.4) is 0 Å². The van der Waals surface area contributed by atoms with Gasteiger partial charge in [-0.15, -0.1) is 0 Å². The second-order valence-corrected chi connectivity index (χ2v) is 11.7. The summed E-state index contributed by atoms with van der Waals surface area (Å²) in [7, 11) is 0. The zero-order valence-electron chi connectivity index (χ0n) is 20.3. The highest BCUT2D eigenvalue weighted by molar-refractivity contribution is 7.99. The lowest BCUT2D eigenvalue weighted by molar-refractivity contribution is -0.123. The quantitative estimate of drug-likeness (QED) is 0.158. The predicted octanol–water partition coefficient (Wildman–Crippen LogP) is 6.38. The molecule has 4 aromatic rings. The van der Waals surface area contributed by atoms with Crippen LogP contribution in [-0.4, -0.2) is 32.3 Å². The first-order valence-electron chi connectivity index (χ1n) is 11.3. The number of ether oxygens (including phenoxy) is 1. The normalized spacial score (nSPS) is 11.7. The number of nitrogens with zero attached hydrogens (tertiary/aromatic N) is 3. The van der Waals surface area contributed by atoms with Gasteiger partial charge in [0.2, 0.25) is 0 Å². The van der Waals surface area contributed by atoms with Crippen molar-refractivity contribution >= 4 is 51.4 Å². The van der Waals surface area contributed by atoms with Crippen LogP contribution in [0.15, 0.2) is 58.5 Å². The van der Waals surface area contributed by atoms with Crippen molar-refractivity contribution in [3.05, 3.63) is 68.4 Å². The summed E-state index contributed by atoms with van der Waals surface area (Å²) in [6.45, 7) is 10.1. The van der Waals surface area contributed by atoms with E-state index in [2.05, 4.69) is 0 Å². The van der Waals surface area contributed by atoms with Gasteiger partial charge in [0.15, 0.2) is 14.8 Å². The van der Waals surface area contributed by atoms with E-state index in [0.717, 1.165) is 22.7 Å². The van der Waals surface area contributed by atoms with Gasteiger partial charge >= 0.3 is 0 Å². The Balaban J connectivity index is 1.93. The van der Waals surface area contributed by atoms with Gasteiger partial charge in [-0.2, -0.15) is 0 Å². The van der Waals surface area contributed by atoms with Crippen LogP contribution in [0.5, 0.6) is 5.75 Å². The lowest BCUT2D eigenvalue weighted by Gasteiger charge is -2.18. The minimum atomic E-state index is -0.483. The molecule has 0 spiro atoms. The standard InChI is InChI=1S/C26H27N3O3S3/c1-6-32-18-13-11-17(12-14-18)28-22-21(35-25(28)33)23(31)29(19-10-8-7-9-16(19)2)24(27-22)34-15-20(30)26(3,4)5/h7-14H,6,15H2,1-5H3. The van der Waals surface area contributed by atoms with Gasteiger partial charge in [-0.25, -0.2) is 4.98 Å². The molecule has 0 atom stereocenters. The molecule has 0 unspecified atom stereocenters. The Bertz CT molecular complexity index is 1510. The minimum absolute atomic E-state index is 0.0850. The zero-order valence-corrected chi connectivity index (χ0v) is 22.8. The number of aromatic nitrogens is 3. The van der Waals surface area contributed by atoms with Crippen LogP contribution >= 0.6 is 35.3 Å². The Morgan fingerprint density at radius 2 is 1.80 bits per heavy atom. The van der Waals surface area contributed by atoms with Gasteiger partial charge in [0.05, 0.1) is 18.0 Å². The van der Waals surface area contributed by atoms with E-state index in [4.69, 9.17) is 21.9 Å². The number of thiazole rings is 1. The number of hydrogen-bond acceptors (Lipinski definition) is 7. The number of Topliss-reactive ketones (excluding diaryl/α,β-unsaturated/α-hetero) is 1. The highest BCUT2D eigenvalue weighted by Gasteiger charge is 2.24. The van der Waals surface area contributed by atoms with Crippen LogP contribution in [0.2, 0.25) is 0 Å². The predicted molar refractivity (Wildman–Crippen MR) is 146 cm³/mol. The molecule has 0 aliphatic rings. The molecule has 35 heavy (non-hydrogen) atoms. The van der Waals surface area contributed by atoms with Crippen molar-refractivity contribution in [1.29, 1.82) is 0 Å². The average molecular weight is 526 g/mol. The summed E-state index contributed by atoms with van der Waals surface area (Å²) in [5.41, 5.74) is 2.29. The molecule has 0 saturated heterocycles. The van der Waals surface area contributed by atoms with Gasteiger partial charge in [0, 0.05) is 11.1 Å². The Morgan fingerprint density at radius 1 is 1.11 bits per heavy atom. The number of hydrogen-bond donors (Lipinski definition) is 0. The van der Waals surface area contributed by atoms with Crippen molar-refractivity contribution in [1.82, 2.24) is 14.1 Å². The maximum atomic E-state index is 13.8. The smallest absolute Gasteiger partial charge is 0.278 e. The van der Waals surface area contributed by atoms with Gasteiger partial charge in [0.25, 0.3) is 5.56 Å². The van der Waals surface area contributed by atoms with Crippen molar-refractivity contribution in [2.24, 2.45) is 5.41 Å². The SMILES string of the molecule is CCOc1ccc(-n2c(=S)sc3c(=O)n(-c4ccccc4C)c(SCC(=O)C(C)(C)C)nc32)cc1. The summed E-state index contributed by atoms with van der Waals surface area (Å²) in [5.74, 6) is 1.05. The fourth-order valence-corrected chi connectivity index (χ4v) is 5.95. The second kappa shape index (κ2) is 10.1. The van der Waals surface area contributed by atoms with E-state index < -0.39 is 5.41 Å². The molecule has 2 aromatic heterocycles. The van der Waals surface area contributed by atoms with Crippen LogP contribution in [0.1, 0.15) is 33.3 Å². The monoisotopic (exact) mass is 525 g/mol. The first-order valence-corrected chi connectivity index (χ1v) is 13.5. The fourth-order valence-electron chi connectivity index (χ4n) is 3.49. The summed E-state index contributed by atoms with van der Waals surface area (Å²) in [6.07, 6.45) is 0. The van der Waals surface area contributed by atoms with Gasteiger partial charge in [0.1, 0.15) is 16.2 Å². The van der Waals surface area contributed by atoms with Crippen molar-refractivity contribution in [2.75, 3.05) is 12.4 Å². The Morgan fingerprint density at radius 3 is 2.43 bits per heavy atom. The number of carbonyl (C=O) groups is 1. The number of para-hydroxylation sites is 1. The van der Waals surface area contributed by atoms with Crippen LogP contribution in [-0.2, 0) is 4.79 Å². The second-order valence-electron chi connectivity index (χ2n) is 9.07. The lowest BCUT2D eigenvalue weighted by Crippen LogP contribution is -2.25. The van der Waals surface area contributed by atoms with E-state index in [0.29, 0.717) is 26.1 Å². The Labute approximate surface area is 217 Å². The number of thioether (sulfide) groups is 1. The fraction of sp³-hybridized carbons (Fsp3) is 0.308. The number of carbonyl (C=O) groups excluding carboxylic acids is 1. The summed E-state index contributed by atoms with van der Waals surface area (Å²) < 4.78 is 9.96. The van der Waals surface area contributed by atoms with Crippen LogP contribution < -0.4 is 10.3 Å². The molecular formula is C26H27N3O3S3. The minimum Gasteiger partial charge on any atom is -0.494 e. The summed E-state index contributed by atoms with van der Waals surface area (Å²) in [6, 6.07) is 15.2. The molecule has 0 saturated carbocycles. The molecule has 2 heterocycles. The van der Waals surface area contributed by atoms with Crippen LogP contribution in [0.4, 0.5) is 0 Å². The molecular weight excluding hydrogens is 499 g/mol. The zero-order chi connectivity index (χ0) is 25.3. The molecule has 0 bridgehead atoms. The van der Waals surface area contributed by atoms with E-state index in [9.17, 15) is 9.59 Å². The summed E-state index contributed by atoms with van der Waals surface area (Å²) >= 11 is 8.18. The highest BCUT2D eigenvalue weighted by Crippen LogP contribution is 2.30. The van der Waals surface area contributed by atoms with Crippen molar-refractivity contribution in [3.63, 3.8) is 0 Å². The molecule has 0 fully saturated rings. The van der Waals surface area contributed by atoms with Crippen molar-refractivity contribution < 1.29 is 9.53 Å². The molecule has 2 aromatic carbocycles. The molecule has 0 aliphatic heterocycles. The highest BCUT2D eigenvalue weighted by atomic mass is 32.2. The average Bonchev–Trinajstić information content (AvgIpc) is 3.14. The molecule has 0 aliphatic carbocycles. The maximum absolute atomic E-state index is 13.8. The maximum Gasteiger partial charge on any atom is 0.278 e. The van der Waals surface area contributed by atoms with Crippen LogP contribution in [0.25, 0.3) is 21.7 Å². The van der Waals surface area contributed by atoms with E-state index >= 15 is 0 Å². The van der Waals surface area contributed by atoms with Gasteiger partial charge < -0.3 is 4.74 Å².